The van der Waals surface area contributed by atoms with Gasteiger partial charge in [-0.25, -0.2) is 0 Å². The maximum Gasteiger partial charge on any atom is 0.216 e. The fourth-order valence-corrected chi connectivity index (χ4v) is 2.64. The first-order chi connectivity index (χ1) is 12.8. The number of H-pyrrole nitrogens is 1. The molecule has 0 radical (unpaired) electrons. The van der Waals surface area contributed by atoms with Crippen molar-refractivity contribution < 1.29 is 0 Å². The Labute approximate surface area is 148 Å². The van der Waals surface area contributed by atoms with E-state index in [0.717, 1.165) is 16.6 Å². The summed E-state index contributed by atoms with van der Waals surface area (Å²) in [5.41, 5.74) is 3.37. The van der Waals surface area contributed by atoms with E-state index in [4.69, 9.17) is 0 Å². The first-order valence-corrected chi connectivity index (χ1v) is 7.93. The van der Waals surface area contributed by atoms with Crippen molar-refractivity contribution >= 4 is 22.2 Å². The van der Waals surface area contributed by atoms with Gasteiger partial charge in [-0.1, -0.05) is 30.3 Å². The molecule has 0 aliphatic rings. The lowest BCUT2D eigenvalue weighted by Gasteiger charge is -2.05. The van der Waals surface area contributed by atoms with E-state index >= 15 is 0 Å². The number of benzene rings is 2. The van der Waals surface area contributed by atoms with Gasteiger partial charge >= 0.3 is 0 Å². The molecule has 2 aromatic heterocycles. The molecular weight excluding hydrogens is 328 g/mol. The van der Waals surface area contributed by atoms with Crippen molar-refractivity contribution in [2.75, 3.05) is 5.32 Å². The zero-order valence-electron chi connectivity index (χ0n) is 13.7. The molecule has 8 heteroatoms. The van der Waals surface area contributed by atoms with Crippen molar-refractivity contribution in [2.24, 2.45) is 0 Å². The average Bonchev–Trinajstić information content (AvgIpc) is 3.34. The summed E-state index contributed by atoms with van der Waals surface area (Å²) >= 11 is 0. The van der Waals surface area contributed by atoms with Crippen molar-refractivity contribution in [1.29, 1.82) is 5.26 Å². The van der Waals surface area contributed by atoms with E-state index in [0.29, 0.717) is 12.1 Å². The van der Waals surface area contributed by atoms with Gasteiger partial charge < -0.3 is 5.32 Å². The zero-order valence-corrected chi connectivity index (χ0v) is 13.7. The Hall–Kier alpha value is -3.99. The lowest BCUT2D eigenvalue weighted by Crippen LogP contribution is -2.01. The molecule has 0 bridgehead atoms. The first kappa shape index (κ1) is 15.5. The molecule has 126 valence electrons. The molecule has 2 N–H and O–H groups in total. The third-order valence-corrected chi connectivity index (χ3v) is 3.91. The molecule has 4 rings (SSSR count). The van der Waals surface area contributed by atoms with Crippen molar-refractivity contribution in [2.45, 2.75) is 6.54 Å². The summed E-state index contributed by atoms with van der Waals surface area (Å²) in [6.45, 7) is 0.716. The van der Waals surface area contributed by atoms with Crippen molar-refractivity contribution in [3.05, 3.63) is 72.3 Å². The predicted octanol–water partition coefficient (Wildman–Crippen LogP) is 2.57. The van der Waals surface area contributed by atoms with E-state index in [9.17, 15) is 5.26 Å². The number of allylic oxidation sites excluding steroid dienone is 1. The highest BCUT2D eigenvalue weighted by molar-refractivity contribution is 5.83. The molecule has 4 aromatic rings. The zero-order chi connectivity index (χ0) is 17.8. The molecule has 0 aliphatic carbocycles. The van der Waals surface area contributed by atoms with Crippen LogP contribution in [0.15, 0.2) is 60.9 Å². The van der Waals surface area contributed by atoms with Gasteiger partial charge in [-0.15, -0.1) is 10.2 Å². The number of tetrazole rings is 1. The quantitative estimate of drug-likeness (QED) is 0.540. The Balaban J connectivity index is 1.56. The number of anilines is 1. The molecule has 26 heavy (non-hydrogen) atoms. The largest absolute Gasteiger partial charge is 0.360 e. The van der Waals surface area contributed by atoms with Gasteiger partial charge in [0.25, 0.3) is 0 Å². The molecule has 0 atom stereocenters. The number of aromatic nitrogens is 6. The summed E-state index contributed by atoms with van der Waals surface area (Å²) in [4.78, 5) is 0. The summed E-state index contributed by atoms with van der Waals surface area (Å²) in [6, 6.07) is 18.2. The van der Waals surface area contributed by atoms with Crippen LogP contribution >= 0.6 is 0 Å². The fourth-order valence-electron chi connectivity index (χ4n) is 2.64. The highest BCUT2D eigenvalue weighted by Gasteiger charge is 2.07. The third-order valence-electron chi connectivity index (χ3n) is 3.91. The SMILES string of the molecule is N#CC(=CNc1ccc2c(cnn2Cc2ccccc2)c1)c1nn[nH]n1. The average molecular weight is 342 g/mol. The minimum Gasteiger partial charge on any atom is -0.360 e. The van der Waals surface area contributed by atoms with Gasteiger partial charge in [0.05, 0.1) is 18.3 Å². The fraction of sp³-hybridized carbons (Fsp3) is 0.0556. The van der Waals surface area contributed by atoms with Crippen LogP contribution in [-0.2, 0) is 6.54 Å². The molecule has 0 amide bonds. The maximum absolute atomic E-state index is 9.20. The monoisotopic (exact) mass is 342 g/mol. The molecule has 0 saturated carbocycles. The Kier molecular flexibility index (Phi) is 4.10. The van der Waals surface area contributed by atoms with Crippen LogP contribution in [0.25, 0.3) is 16.5 Å². The van der Waals surface area contributed by atoms with E-state index in [1.807, 2.05) is 53.3 Å². The summed E-state index contributed by atoms with van der Waals surface area (Å²) in [7, 11) is 0. The number of nitrogens with one attached hydrogen (secondary N) is 2. The van der Waals surface area contributed by atoms with E-state index in [1.165, 1.54) is 5.56 Å². The molecule has 0 unspecified atom stereocenters. The molecule has 0 spiro atoms. The second-order valence-corrected chi connectivity index (χ2v) is 5.61. The smallest absolute Gasteiger partial charge is 0.216 e. The van der Waals surface area contributed by atoms with Gasteiger partial charge in [0.2, 0.25) is 5.82 Å². The number of aromatic amines is 1. The summed E-state index contributed by atoms with van der Waals surface area (Å²) in [5, 5.41) is 31.2. The summed E-state index contributed by atoms with van der Waals surface area (Å²) in [6.07, 6.45) is 3.39. The van der Waals surface area contributed by atoms with Crippen LogP contribution in [0.5, 0.6) is 0 Å². The van der Waals surface area contributed by atoms with Crippen molar-refractivity contribution in [3.8, 4) is 6.07 Å². The molecule has 8 nitrogen and oxygen atoms in total. The number of rotatable bonds is 5. The lowest BCUT2D eigenvalue weighted by atomic mass is 10.2. The minimum atomic E-state index is 0.247. The Bertz CT molecular complexity index is 1090. The van der Waals surface area contributed by atoms with Gasteiger partial charge in [0, 0.05) is 17.3 Å². The highest BCUT2D eigenvalue weighted by Crippen LogP contribution is 2.20. The summed E-state index contributed by atoms with van der Waals surface area (Å²) < 4.78 is 1.96. The topological polar surface area (TPSA) is 108 Å². The normalized spacial score (nSPS) is 11.4. The third kappa shape index (κ3) is 3.14. The predicted molar refractivity (Wildman–Crippen MR) is 96.7 cm³/mol. The number of fused-ring (bicyclic) bond motifs is 1. The van der Waals surface area contributed by atoms with Crippen LogP contribution in [0.4, 0.5) is 5.69 Å². The number of nitriles is 1. The van der Waals surface area contributed by atoms with Gasteiger partial charge in [-0.2, -0.15) is 15.6 Å². The second kappa shape index (κ2) is 6.86. The molecule has 0 saturated heterocycles. The summed E-state index contributed by atoms with van der Waals surface area (Å²) in [5.74, 6) is 0.247. The van der Waals surface area contributed by atoms with Crippen LogP contribution in [-0.4, -0.2) is 30.4 Å². The van der Waals surface area contributed by atoms with Crippen LogP contribution < -0.4 is 5.32 Å². The molecule has 2 aromatic carbocycles. The van der Waals surface area contributed by atoms with E-state index in [-0.39, 0.29) is 5.82 Å². The van der Waals surface area contributed by atoms with E-state index in [2.05, 4.69) is 43.2 Å². The Morgan fingerprint density at radius 2 is 2.12 bits per heavy atom. The van der Waals surface area contributed by atoms with Gasteiger partial charge in [0.1, 0.15) is 11.6 Å². The van der Waals surface area contributed by atoms with Crippen LogP contribution in [0, 0.1) is 11.3 Å². The molecule has 0 fully saturated rings. The van der Waals surface area contributed by atoms with Crippen LogP contribution in [0.2, 0.25) is 0 Å². The maximum atomic E-state index is 9.20. The standard InChI is InChI=1S/C18H14N8/c19-9-15(18-22-24-25-23-18)10-20-16-6-7-17-14(8-16)11-21-26(17)12-13-4-2-1-3-5-13/h1-8,10-11,20H,12H2,(H,22,23,24,25). The number of nitrogens with zero attached hydrogens (tertiary/aromatic N) is 6. The Morgan fingerprint density at radius 1 is 1.23 bits per heavy atom. The lowest BCUT2D eigenvalue weighted by molar-refractivity contribution is 0.712. The Morgan fingerprint density at radius 3 is 2.88 bits per heavy atom. The highest BCUT2D eigenvalue weighted by atomic mass is 15.5. The van der Waals surface area contributed by atoms with Crippen molar-refractivity contribution in [1.82, 2.24) is 30.4 Å². The minimum absolute atomic E-state index is 0.247. The van der Waals surface area contributed by atoms with Gasteiger partial charge in [-0.05, 0) is 29.0 Å². The van der Waals surface area contributed by atoms with Crippen LogP contribution in [0.1, 0.15) is 11.4 Å². The molecule has 0 aliphatic heterocycles. The van der Waals surface area contributed by atoms with Gasteiger partial charge in [-0.3, -0.25) is 4.68 Å². The number of hydrogen-bond acceptors (Lipinski definition) is 6. The van der Waals surface area contributed by atoms with Crippen molar-refractivity contribution in [3.63, 3.8) is 0 Å². The van der Waals surface area contributed by atoms with Gasteiger partial charge in [0.15, 0.2) is 0 Å². The molecule has 2 heterocycles. The number of hydrogen-bond donors (Lipinski definition) is 2. The van der Waals surface area contributed by atoms with E-state index in [1.54, 1.807) is 6.20 Å². The van der Waals surface area contributed by atoms with Crippen LogP contribution in [0.3, 0.4) is 0 Å². The second-order valence-electron chi connectivity index (χ2n) is 5.61. The first-order valence-electron chi connectivity index (χ1n) is 7.93. The molecular formula is C18H14N8. The van der Waals surface area contributed by atoms with E-state index < -0.39 is 0 Å².